The standard InChI is InChI=1S/C19H18F3N5O2/c20-19(21,22)15-5-3-6-16(24-15)25-18(29)17-23-13(11-26-9-7-12(28)10-26)14-4-1-2-8-27(14)17/h1-6,8,12,28H,7,9-11H2,(H,24,25,29). The summed E-state index contributed by atoms with van der Waals surface area (Å²) in [5.74, 6) is -0.818. The van der Waals surface area contributed by atoms with Crippen LogP contribution in [0.5, 0.6) is 0 Å². The lowest BCUT2D eigenvalue weighted by molar-refractivity contribution is -0.141. The summed E-state index contributed by atoms with van der Waals surface area (Å²) < 4.78 is 40.1. The zero-order valence-corrected chi connectivity index (χ0v) is 15.2. The zero-order chi connectivity index (χ0) is 20.6. The predicted octanol–water partition coefficient (Wildman–Crippen LogP) is 2.57. The number of aromatic nitrogens is 3. The van der Waals surface area contributed by atoms with Gasteiger partial charge < -0.3 is 10.4 Å². The monoisotopic (exact) mass is 405 g/mol. The molecule has 0 aromatic carbocycles. The zero-order valence-electron chi connectivity index (χ0n) is 15.2. The van der Waals surface area contributed by atoms with Gasteiger partial charge in [-0.25, -0.2) is 9.97 Å². The minimum Gasteiger partial charge on any atom is -0.392 e. The lowest BCUT2D eigenvalue weighted by Crippen LogP contribution is -2.22. The summed E-state index contributed by atoms with van der Waals surface area (Å²) in [5, 5.41) is 12.1. The number of likely N-dealkylation sites (tertiary alicyclic amines) is 1. The van der Waals surface area contributed by atoms with Gasteiger partial charge in [-0.1, -0.05) is 12.1 Å². The van der Waals surface area contributed by atoms with E-state index in [1.54, 1.807) is 16.7 Å². The summed E-state index contributed by atoms with van der Waals surface area (Å²) in [6.45, 7) is 1.71. The van der Waals surface area contributed by atoms with Crippen molar-refractivity contribution in [3.63, 3.8) is 0 Å². The van der Waals surface area contributed by atoms with E-state index in [1.807, 2.05) is 17.0 Å². The SMILES string of the molecule is O=C(Nc1cccc(C(F)(F)F)n1)c1nc(CN2CCC(O)C2)c2ccccn12. The average Bonchev–Trinajstić information content (AvgIpc) is 3.25. The number of anilines is 1. The second-order valence-corrected chi connectivity index (χ2v) is 6.88. The minimum absolute atomic E-state index is 0.0505. The fourth-order valence-corrected chi connectivity index (χ4v) is 3.38. The van der Waals surface area contributed by atoms with Crippen molar-refractivity contribution >= 4 is 17.2 Å². The number of hydrogen-bond acceptors (Lipinski definition) is 5. The molecule has 7 nitrogen and oxygen atoms in total. The molecule has 0 spiro atoms. The second kappa shape index (κ2) is 7.45. The van der Waals surface area contributed by atoms with Gasteiger partial charge in [0.1, 0.15) is 11.5 Å². The Kier molecular flexibility index (Phi) is 4.97. The fraction of sp³-hybridized carbons (Fsp3) is 0.316. The molecule has 1 atom stereocenters. The molecule has 1 saturated heterocycles. The maximum absolute atomic E-state index is 12.8. The number of nitrogens with zero attached hydrogens (tertiary/aromatic N) is 4. The van der Waals surface area contributed by atoms with Crippen molar-refractivity contribution in [3.8, 4) is 0 Å². The lowest BCUT2D eigenvalue weighted by atomic mass is 10.3. The first-order valence-corrected chi connectivity index (χ1v) is 9.03. The summed E-state index contributed by atoms with van der Waals surface area (Å²) >= 11 is 0. The predicted molar refractivity (Wildman–Crippen MR) is 98.3 cm³/mol. The second-order valence-electron chi connectivity index (χ2n) is 6.88. The van der Waals surface area contributed by atoms with E-state index in [-0.39, 0.29) is 17.7 Å². The molecule has 1 aliphatic rings. The van der Waals surface area contributed by atoms with E-state index in [4.69, 9.17) is 0 Å². The molecule has 152 valence electrons. The topological polar surface area (TPSA) is 82.8 Å². The highest BCUT2D eigenvalue weighted by Crippen LogP contribution is 2.28. The first-order chi connectivity index (χ1) is 13.8. The molecule has 10 heteroatoms. The number of nitrogens with one attached hydrogen (secondary N) is 1. The number of carbonyl (C=O) groups is 1. The highest BCUT2D eigenvalue weighted by Gasteiger charge is 2.32. The van der Waals surface area contributed by atoms with Gasteiger partial charge in [-0.3, -0.25) is 14.1 Å². The Morgan fingerprint density at radius 3 is 2.76 bits per heavy atom. The van der Waals surface area contributed by atoms with Gasteiger partial charge in [0.15, 0.2) is 0 Å². The Morgan fingerprint density at radius 2 is 2.03 bits per heavy atom. The van der Waals surface area contributed by atoms with Gasteiger partial charge in [0, 0.05) is 25.8 Å². The van der Waals surface area contributed by atoms with Crippen LogP contribution < -0.4 is 5.32 Å². The molecule has 0 bridgehead atoms. The van der Waals surface area contributed by atoms with Crippen LogP contribution >= 0.6 is 0 Å². The molecule has 3 aromatic rings. The Labute approximate surface area is 163 Å². The number of pyridine rings is 2. The third-order valence-electron chi connectivity index (χ3n) is 4.73. The van der Waals surface area contributed by atoms with Crippen molar-refractivity contribution in [1.29, 1.82) is 0 Å². The number of halogens is 3. The molecule has 0 radical (unpaired) electrons. The molecule has 4 rings (SSSR count). The van der Waals surface area contributed by atoms with E-state index < -0.39 is 17.8 Å². The van der Waals surface area contributed by atoms with Crippen LogP contribution in [0.3, 0.4) is 0 Å². The summed E-state index contributed by atoms with van der Waals surface area (Å²) in [4.78, 5) is 22.6. The average molecular weight is 405 g/mol. The molecular formula is C19H18F3N5O2. The molecule has 0 aliphatic carbocycles. The first-order valence-electron chi connectivity index (χ1n) is 9.03. The van der Waals surface area contributed by atoms with Gasteiger partial charge in [0.2, 0.25) is 5.82 Å². The van der Waals surface area contributed by atoms with Crippen LogP contribution in [0.1, 0.15) is 28.4 Å². The largest absolute Gasteiger partial charge is 0.433 e. The van der Waals surface area contributed by atoms with Crippen LogP contribution in [0.4, 0.5) is 19.0 Å². The summed E-state index contributed by atoms with van der Waals surface area (Å²) in [5.41, 5.74) is 0.287. The van der Waals surface area contributed by atoms with Crippen LogP contribution in [-0.4, -0.2) is 49.5 Å². The molecule has 1 fully saturated rings. The van der Waals surface area contributed by atoms with E-state index in [2.05, 4.69) is 15.3 Å². The molecule has 1 unspecified atom stereocenters. The highest BCUT2D eigenvalue weighted by atomic mass is 19.4. The minimum atomic E-state index is -4.60. The van der Waals surface area contributed by atoms with Gasteiger partial charge in [0.05, 0.1) is 17.3 Å². The van der Waals surface area contributed by atoms with Crippen LogP contribution in [0.15, 0.2) is 42.6 Å². The summed E-state index contributed by atoms with van der Waals surface area (Å²) in [7, 11) is 0. The molecule has 29 heavy (non-hydrogen) atoms. The van der Waals surface area contributed by atoms with Gasteiger partial charge in [-0.05, 0) is 30.7 Å². The Hall–Kier alpha value is -2.98. The van der Waals surface area contributed by atoms with Crippen molar-refractivity contribution in [2.45, 2.75) is 25.2 Å². The number of carbonyl (C=O) groups excluding carboxylic acids is 1. The smallest absolute Gasteiger partial charge is 0.392 e. The van der Waals surface area contributed by atoms with Crippen LogP contribution in [0.25, 0.3) is 5.52 Å². The van der Waals surface area contributed by atoms with Gasteiger partial charge in [-0.15, -0.1) is 0 Å². The molecule has 1 amide bonds. The number of aliphatic hydroxyl groups excluding tert-OH is 1. The number of imidazole rings is 1. The molecular weight excluding hydrogens is 387 g/mol. The number of alkyl halides is 3. The van der Waals surface area contributed by atoms with Crippen LogP contribution in [0, 0.1) is 0 Å². The van der Waals surface area contributed by atoms with Crippen molar-refractivity contribution in [2.75, 3.05) is 18.4 Å². The molecule has 4 heterocycles. The Balaban J connectivity index is 1.61. The maximum atomic E-state index is 12.8. The number of fused-ring (bicyclic) bond motifs is 1. The van der Waals surface area contributed by atoms with Crippen LogP contribution in [0.2, 0.25) is 0 Å². The van der Waals surface area contributed by atoms with E-state index in [9.17, 15) is 23.1 Å². The molecule has 0 saturated carbocycles. The van der Waals surface area contributed by atoms with Crippen molar-refractivity contribution in [3.05, 3.63) is 59.8 Å². The Bertz CT molecular complexity index is 1050. The van der Waals surface area contributed by atoms with Gasteiger partial charge in [-0.2, -0.15) is 13.2 Å². The molecule has 2 N–H and O–H groups in total. The summed E-state index contributed by atoms with van der Waals surface area (Å²) in [6, 6.07) is 8.67. The third kappa shape index (κ3) is 4.08. The normalized spacial score (nSPS) is 17.7. The number of β-amino-alcohol motifs (C(OH)–C–C–N with tert-alkyl or cyclic N) is 1. The lowest BCUT2D eigenvalue weighted by Gasteiger charge is -2.12. The first kappa shape index (κ1) is 19.3. The van der Waals surface area contributed by atoms with Crippen molar-refractivity contribution < 1.29 is 23.1 Å². The number of rotatable bonds is 4. The van der Waals surface area contributed by atoms with Gasteiger partial charge in [0.25, 0.3) is 5.91 Å². The third-order valence-corrected chi connectivity index (χ3v) is 4.73. The quantitative estimate of drug-likeness (QED) is 0.697. The Morgan fingerprint density at radius 1 is 1.21 bits per heavy atom. The van der Waals surface area contributed by atoms with Gasteiger partial charge >= 0.3 is 6.18 Å². The molecule has 3 aromatic heterocycles. The van der Waals surface area contributed by atoms with E-state index in [0.717, 1.165) is 18.1 Å². The van der Waals surface area contributed by atoms with Crippen molar-refractivity contribution in [2.24, 2.45) is 0 Å². The highest BCUT2D eigenvalue weighted by molar-refractivity contribution is 6.02. The van der Waals surface area contributed by atoms with E-state index >= 15 is 0 Å². The van der Waals surface area contributed by atoms with E-state index in [0.29, 0.717) is 25.2 Å². The number of aliphatic hydroxyl groups is 1. The summed E-state index contributed by atoms with van der Waals surface area (Å²) in [6.07, 6.45) is -2.63. The fourth-order valence-electron chi connectivity index (χ4n) is 3.38. The number of amides is 1. The maximum Gasteiger partial charge on any atom is 0.433 e. The van der Waals surface area contributed by atoms with E-state index in [1.165, 1.54) is 12.1 Å². The van der Waals surface area contributed by atoms with Crippen molar-refractivity contribution in [1.82, 2.24) is 19.3 Å². The number of hydrogen-bond donors (Lipinski definition) is 2. The molecule has 1 aliphatic heterocycles. The van der Waals surface area contributed by atoms with Crippen LogP contribution in [-0.2, 0) is 12.7 Å².